The Morgan fingerprint density at radius 2 is 1.71 bits per heavy atom. The molecule has 2 aromatic carbocycles. The molecule has 2 N–H and O–H groups in total. The average Bonchev–Trinajstić information content (AvgIpc) is 2.83. The molecule has 1 aliphatic rings. The summed E-state index contributed by atoms with van der Waals surface area (Å²) in [5.41, 5.74) is 5.67. The van der Waals surface area contributed by atoms with Gasteiger partial charge in [0.2, 0.25) is 5.91 Å². The van der Waals surface area contributed by atoms with Gasteiger partial charge in [-0.3, -0.25) is 9.69 Å². The first-order valence-corrected chi connectivity index (χ1v) is 14.8. The smallest absolute Gasteiger partial charge is 0.341 e. The zero-order valence-electron chi connectivity index (χ0n) is 21.4. The van der Waals surface area contributed by atoms with Crippen LogP contribution in [0, 0.1) is 0 Å². The molecule has 0 bridgehead atoms. The molecule has 0 radical (unpaired) electrons. The quantitative estimate of drug-likeness (QED) is 0.459. The molecule has 0 aromatic heterocycles. The van der Waals surface area contributed by atoms with E-state index in [1.54, 1.807) is 32.2 Å². The van der Waals surface area contributed by atoms with Crippen LogP contribution in [-0.2, 0) is 32.8 Å². The third-order valence-electron chi connectivity index (χ3n) is 7.29. The van der Waals surface area contributed by atoms with Gasteiger partial charge in [0.25, 0.3) is 0 Å². The Bertz CT molecular complexity index is 1260. The van der Waals surface area contributed by atoms with Gasteiger partial charge in [0.05, 0.1) is 32.4 Å². The Morgan fingerprint density at radius 3 is 2.24 bits per heavy atom. The van der Waals surface area contributed by atoms with Gasteiger partial charge in [-0.25, -0.2) is 8.42 Å². The lowest BCUT2D eigenvalue weighted by Crippen LogP contribution is -2.53. The number of benzene rings is 2. The molecular weight excluding hydrogens is 562 g/mol. The highest BCUT2D eigenvalue weighted by Crippen LogP contribution is 2.36. The summed E-state index contributed by atoms with van der Waals surface area (Å²) in [7, 11) is -1.60. The number of nitrogens with two attached hydrogens (primary N) is 1. The summed E-state index contributed by atoms with van der Waals surface area (Å²) in [6.45, 7) is 2.79. The zero-order valence-corrected chi connectivity index (χ0v) is 23.8. The Labute approximate surface area is 231 Å². The van der Waals surface area contributed by atoms with Crippen molar-refractivity contribution in [3.8, 4) is 0 Å². The molecule has 6 nitrogen and oxygen atoms in total. The number of piperidine rings is 1. The van der Waals surface area contributed by atoms with Crippen molar-refractivity contribution in [3.63, 3.8) is 0 Å². The van der Waals surface area contributed by atoms with E-state index in [2.05, 4.69) is 0 Å². The van der Waals surface area contributed by atoms with Gasteiger partial charge in [0, 0.05) is 32.9 Å². The molecule has 3 unspecified atom stereocenters. The lowest BCUT2D eigenvalue weighted by atomic mass is 9.77. The molecule has 210 valence electrons. The number of nitrogens with zero attached hydrogens (tertiary/aromatic N) is 2. The first-order valence-electron chi connectivity index (χ1n) is 12.1. The highest BCUT2D eigenvalue weighted by molar-refractivity contribution is 7.91. The molecule has 2 aromatic rings. The van der Waals surface area contributed by atoms with Gasteiger partial charge in [-0.05, 0) is 61.6 Å². The number of likely N-dealkylation sites (tertiary alicyclic amines) is 1. The number of amides is 1. The van der Waals surface area contributed by atoms with E-state index < -0.39 is 38.4 Å². The number of carbonyl (C=O) groups is 1. The third kappa shape index (κ3) is 7.21. The van der Waals surface area contributed by atoms with Crippen LogP contribution in [-0.4, -0.2) is 61.9 Å². The van der Waals surface area contributed by atoms with E-state index in [1.807, 2.05) is 4.90 Å². The molecule has 1 fully saturated rings. The molecular formula is C26H32Cl2F3N3O3S. The van der Waals surface area contributed by atoms with Gasteiger partial charge in [0.15, 0.2) is 0 Å². The van der Waals surface area contributed by atoms with Crippen molar-refractivity contribution in [2.75, 3.05) is 26.4 Å². The Morgan fingerprint density at radius 1 is 1.11 bits per heavy atom. The Balaban J connectivity index is 1.82. The van der Waals surface area contributed by atoms with Crippen LogP contribution in [0.2, 0.25) is 10.0 Å². The van der Waals surface area contributed by atoms with E-state index >= 15 is 0 Å². The van der Waals surface area contributed by atoms with Crippen molar-refractivity contribution >= 4 is 38.9 Å². The van der Waals surface area contributed by atoms with E-state index in [0.717, 1.165) is 12.1 Å². The van der Waals surface area contributed by atoms with Gasteiger partial charge < -0.3 is 10.6 Å². The van der Waals surface area contributed by atoms with Crippen LogP contribution in [0.3, 0.4) is 0 Å². The zero-order chi connectivity index (χ0) is 28.5. The van der Waals surface area contributed by atoms with Crippen LogP contribution >= 0.6 is 23.2 Å². The fourth-order valence-corrected chi connectivity index (χ4v) is 6.20. The van der Waals surface area contributed by atoms with E-state index in [-0.39, 0.29) is 12.5 Å². The molecule has 3 rings (SSSR count). The van der Waals surface area contributed by atoms with Crippen LogP contribution in [0.15, 0.2) is 42.5 Å². The topological polar surface area (TPSA) is 83.7 Å². The fraction of sp³-hybridized carbons (Fsp3) is 0.500. The van der Waals surface area contributed by atoms with Crippen LogP contribution in [0.4, 0.5) is 13.2 Å². The highest BCUT2D eigenvalue weighted by Gasteiger charge is 2.40. The summed E-state index contributed by atoms with van der Waals surface area (Å²) in [6.07, 6.45) is -2.59. The number of likely N-dealkylation sites (N-methyl/N-ethyl adjacent to an activating group) is 1. The molecule has 1 aliphatic heterocycles. The number of halogens is 5. The second-order valence-corrected chi connectivity index (χ2v) is 13.3. The van der Waals surface area contributed by atoms with Crippen molar-refractivity contribution in [2.45, 2.75) is 55.7 Å². The molecule has 0 aliphatic carbocycles. The lowest BCUT2D eigenvalue weighted by molar-refractivity contribution is -0.138. The van der Waals surface area contributed by atoms with Crippen LogP contribution in [0.25, 0.3) is 0 Å². The average molecular weight is 595 g/mol. The summed E-state index contributed by atoms with van der Waals surface area (Å²) < 4.78 is 62.8. The van der Waals surface area contributed by atoms with Crippen molar-refractivity contribution in [2.24, 2.45) is 5.73 Å². The maximum Gasteiger partial charge on any atom is 0.416 e. The first-order chi connectivity index (χ1) is 17.5. The van der Waals surface area contributed by atoms with Crippen LogP contribution in [0.5, 0.6) is 0 Å². The molecule has 38 heavy (non-hydrogen) atoms. The minimum atomic E-state index is -4.44. The van der Waals surface area contributed by atoms with Crippen LogP contribution < -0.4 is 5.73 Å². The standard InChI is InChI=1S/C26H32Cl2F3N3O3S/c1-25(19-8-9-21(27)22(28)14-19,11-13-34-12-10-20(15-23(34)32)38(3,36)37)24(35)33(2)16-17-4-6-18(7-5-17)26(29,30)31/h4-9,14,20,23H,10-13,15-16,32H2,1-3H3. The number of rotatable bonds is 8. The minimum Gasteiger partial charge on any atom is -0.341 e. The molecule has 12 heteroatoms. The summed E-state index contributed by atoms with van der Waals surface area (Å²) in [5.74, 6) is -0.254. The number of hydrogen-bond acceptors (Lipinski definition) is 5. The summed E-state index contributed by atoms with van der Waals surface area (Å²) in [6, 6.07) is 9.68. The van der Waals surface area contributed by atoms with Crippen molar-refractivity contribution < 1.29 is 26.4 Å². The van der Waals surface area contributed by atoms with Gasteiger partial charge in [-0.15, -0.1) is 0 Å². The predicted octanol–water partition coefficient (Wildman–Crippen LogP) is 5.11. The number of alkyl halides is 3. The van der Waals surface area contributed by atoms with Crippen LogP contribution in [0.1, 0.15) is 42.9 Å². The van der Waals surface area contributed by atoms with E-state index in [9.17, 15) is 26.4 Å². The van der Waals surface area contributed by atoms with Crippen molar-refractivity contribution in [3.05, 3.63) is 69.2 Å². The van der Waals surface area contributed by atoms with E-state index in [4.69, 9.17) is 28.9 Å². The summed E-state index contributed by atoms with van der Waals surface area (Å²) in [5, 5.41) is 0.138. The van der Waals surface area contributed by atoms with Gasteiger partial charge >= 0.3 is 6.18 Å². The van der Waals surface area contributed by atoms with Crippen molar-refractivity contribution in [1.29, 1.82) is 0 Å². The highest BCUT2D eigenvalue weighted by atomic mass is 35.5. The number of sulfone groups is 1. The Kier molecular flexibility index (Phi) is 9.46. The predicted molar refractivity (Wildman–Crippen MR) is 144 cm³/mol. The van der Waals surface area contributed by atoms with Gasteiger partial charge in [-0.2, -0.15) is 13.2 Å². The Hall–Kier alpha value is -1.85. The fourth-order valence-electron chi connectivity index (χ4n) is 4.83. The van der Waals surface area contributed by atoms with E-state index in [1.165, 1.54) is 23.3 Å². The molecule has 0 spiro atoms. The largest absolute Gasteiger partial charge is 0.416 e. The molecule has 3 atom stereocenters. The first kappa shape index (κ1) is 30.7. The van der Waals surface area contributed by atoms with Gasteiger partial charge in [0.1, 0.15) is 9.84 Å². The summed E-state index contributed by atoms with van der Waals surface area (Å²) >= 11 is 12.4. The molecule has 1 heterocycles. The minimum absolute atomic E-state index is 0.104. The SMILES string of the molecule is CN(Cc1ccc(C(F)(F)F)cc1)C(=O)C(C)(CCN1CCC(S(C)(=O)=O)CC1N)c1ccc(Cl)c(Cl)c1. The number of carbonyl (C=O) groups excluding carboxylic acids is 1. The molecule has 1 amide bonds. The van der Waals surface area contributed by atoms with Crippen molar-refractivity contribution in [1.82, 2.24) is 9.80 Å². The second kappa shape index (κ2) is 11.7. The third-order valence-corrected chi connectivity index (χ3v) is 9.67. The lowest BCUT2D eigenvalue weighted by Gasteiger charge is -2.40. The maximum atomic E-state index is 13.9. The second-order valence-electron chi connectivity index (χ2n) is 10.1. The maximum absolute atomic E-state index is 13.9. The normalized spacial score (nSPS) is 20.7. The number of hydrogen-bond donors (Lipinski definition) is 1. The molecule has 0 saturated carbocycles. The van der Waals surface area contributed by atoms with Gasteiger partial charge in [-0.1, -0.05) is 41.4 Å². The van der Waals surface area contributed by atoms with E-state index in [0.29, 0.717) is 53.5 Å². The molecule has 1 saturated heterocycles. The summed E-state index contributed by atoms with van der Waals surface area (Å²) in [4.78, 5) is 17.3. The monoisotopic (exact) mass is 593 g/mol.